The maximum atomic E-state index is 13.2. The molecule has 154 valence electrons. The summed E-state index contributed by atoms with van der Waals surface area (Å²) >= 11 is 0. The first-order chi connectivity index (χ1) is 13.9. The van der Waals surface area contributed by atoms with E-state index in [0.717, 1.165) is 16.9 Å². The first-order valence-electron chi connectivity index (χ1n) is 9.27. The van der Waals surface area contributed by atoms with Crippen LogP contribution in [0.5, 0.6) is 11.5 Å². The van der Waals surface area contributed by atoms with Crippen LogP contribution in [0.25, 0.3) is 0 Å². The van der Waals surface area contributed by atoms with Gasteiger partial charge < -0.3 is 13.9 Å². The molecule has 1 aromatic heterocycles. The van der Waals surface area contributed by atoms with Crippen LogP contribution in [0.2, 0.25) is 0 Å². The number of hydrogen-bond acceptors (Lipinski definition) is 5. The highest BCUT2D eigenvalue weighted by Gasteiger charge is 2.25. The van der Waals surface area contributed by atoms with E-state index in [0.29, 0.717) is 11.5 Å². The van der Waals surface area contributed by atoms with E-state index in [1.54, 1.807) is 24.3 Å². The molecular weight excluding hydrogens is 390 g/mol. The molecule has 0 saturated heterocycles. The van der Waals surface area contributed by atoms with Gasteiger partial charge in [0.2, 0.25) is 10.0 Å². The quantitative estimate of drug-likeness (QED) is 0.525. The van der Waals surface area contributed by atoms with Crippen LogP contribution < -0.4 is 9.47 Å². The molecule has 29 heavy (non-hydrogen) atoms. The predicted molar refractivity (Wildman–Crippen MR) is 111 cm³/mol. The molecule has 0 radical (unpaired) electrons. The predicted octanol–water partition coefficient (Wildman–Crippen LogP) is 4.17. The fourth-order valence-corrected chi connectivity index (χ4v) is 4.27. The Kier molecular flexibility index (Phi) is 6.61. The van der Waals surface area contributed by atoms with Gasteiger partial charge in [0.1, 0.15) is 23.9 Å². The van der Waals surface area contributed by atoms with Crippen molar-refractivity contribution in [1.82, 2.24) is 4.31 Å². The maximum Gasteiger partial charge on any atom is 0.243 e. The molecule has 0 aliphatic carbocycles. The molecule has 6 nitrogen and oxygen atoms in total. The lowest BCUT2D eigenvalue weighted by atomic mass is 10.1. The molecule has 0 unspecified atom stereocenters. The Morgan fingerprint density at radius 1 is 1.03 bits per heavy atom. The number of furan rings is 1. The van der Waals surface area contributed by atoms with Crippen molar-refractivity contribution < 1.29 is 22.3 Å². The van der Waals surface area contributed by atoms with Gasteiger partial charge in [0.05, 0.1) is 24.8 Å². The van der Waals surface area contributed by atoms with Gasteiger partial charge in [0, 0.05) is 6.54 Å². The van der Waals surface area contributed by atoms with E-state index < -0.39 is 10.0 Å². The molecule has 0 aliphatic heterocycles. The summed E-state index contributed by atoms with van der Waals surface area (Å²) in [6.45, 7) is 4.48. The highest BCUT2D eigenvalue weighted by atomic mass is 32.2. The van der Waals surface area contributed by atoms with Crippen molar-refractivity contribution in [3.8, 4) is 11.5 Å². The van der Waals surface area contributed by atoms with E-state index >= 15 is 0 Å². The second-order valence-corrected chi connectivity index (χ2v) is 8.65. The summed E-state index contributed by atoms with van der Waals surface area (Å²) in [5, 5.41) is 0. The summed E-state index contributed by atoms with van der Waals surface area (Å²) < 4.78 is 44.1. The Hall–Kier alpha value is -2.77. The molecule has 0 amide bonds. The normalized spacial score (nSPS) is 11.6. The van der Waals surface area contributed by atoms with E-state index in [4.69, 9.17) is 13.9 Å². The molecule has 0 fully saturated rings. The van der Waals surface area contributed by atoms with Crippen molar-refractivity contribution in [2.75, 3.05) is 20.3 Å². The summed E-state index contributed by atoms with van der Waals surface area (Å²) in [7, 11) is -2.20. The van der Waals surface area contributed by atoms with Gasteiger partial charge in [-0.15, -0.1) is 0 Å². The van der Waals surface area contributed by atoms with E-state index in [1.165, 1.54) is 29.8 Å². The van der Waals surface area contributed by atoms with Crippen molar-refractivity contribution >= 4 is 10.0 Å². The monoisotopic (exact) mass is 415 g/mol. The Labute approximate surface area is 171 Å². The van der Waals surface area contributed by atoms with Crippen LogP contribution >= 0.6 is 0 Å². The Morgan fingerprint density at radius 3 is 2.45 bits per heavy atom. The van der Waals surface area contributed by atoms with Gasteiger partial charge in [0.15, 0.2) is 0 Å². The van der Waals surface area contributed by atoms with Crippen LogP contribution in [-0.2, 0) is 16.6 Å². The van der Waals surface area contributed by atoms with Gasteiger partial charge in [-0.3, -0.25) is 0 Å². The third-order valence-corrected chi connectivity index (χ3v) is 6.41. The molecule has 0 spiro atoms. The number of nitrogens with zero attached hydrogens (tertiary/aromatic N) is 1. The Balaban J connectivity index is 1.79. The van der Waals surface area contributed by atoms with Crippen LogP contribution in [0, 0.1) is 13.8 Å². The largest absolute Gasteiger partial charge is 0.497 e. The topological polar surface area (TPSA) is 69.0 Å². The summed E-state index contributed by atoms with van der Waals surface area (Å²) in [5.41, 5.74) is 2.09. The molecule has 0 saturated carbocycles. The standard InChI is InChI=1S/C22H25NO5S/c1-17-6-7-18(2)22(15-17)28-14-12-23(16-20-5-4-13-27-20)29(24,25)21-10-8-19(26-3)9-11-21/h4-11,13,15H,12,14,16H2,1-3H3. The molecule has 0 atom stereocenters. The van der Waals surface area contributed by atoms with Crippen molar-refractivity contribution in [3.63, 3.8) is 0 Å². The number of sulfonamides is 1. The third kappa shape index (κ3) is 5.19. The van der Waals surface area contributed by atoms with Crippen molar-refractivity contribution in [2.45, 2.75) is 25.3 Å². The highest BCUT2D eigenvalue weighted by Crippen LogP contribution is 2.23. The van der Waals surface area contributed by atoms with Crippen molar-refractivity contribution in [2.24, 2.45) is 0 Å². The second kappa shape index (κ2) is 9.15. The average molecular weight is 416 g/mol. The molecule has 3 rings (SSSR count). The number of ether oxygens (including phenoxy) is 2. The first kappa shape index (κ1) is 21.0. The summed E-state index contributed by atoms with van der Waals surface area (Å²) in [5.74, 6) is 1.92. The van der Waals surface area contributed by atoms with E-state index in [1.807, 2.05) is 32.0 Å². The molecule has 3 aromatic rings. The fraction of sp³-hybridized carbons (Fsp3) is 0.273. The van der Waals surface area contributed by atoms with Crippen LogP contribution in [0.1, 0.15) is 16.9 Å². The SMILES string of the molecule is COc1ccc(S(=O)(=O)N(CCOc2cc(C)ccc2C)Cc2ccco2)cc1. The van der Waals surface area contributed by atoms with Gasteiger partial charge in [-0.2, -0.15) is 4.31 Å². The highest BCUT2D eigenvalue weighted by molar-refractivity contribution is 7.89. The fourth-order valence-electron chi connectivity index (χ4n) is 2.88. The van der Waals surface area contributed by atoms with Crippen molar-refractivity contribution in [1.29, 1.82) is 0 Å². The molecule has 1 heterocycles. The van der Waals surface area contributed by atoms with E-state index in [-0.39, 0.29) is 24.6 Å². The van der Waals surface area contributed by atoms with Gasteiger partial charge in [-0.25, -0.2) is 8.42 Å². The molecule has 0 aliphatic rings. The lowest BCUT2D eigenvalue weighted by Gasteiger charge is -2.22. The minimum absolute atomic E-state index is 0.123. The number of aryl methyl sites for hydroxylation is 2. The zero-order valence-electron chi connectivity index (χ0n) is 16.8. The van der Waals surface area contributed by atoms with E-state index in [9.17, 15) is 8.42 Å². The lowest BCUT2D eigenvalue weighted by Crippen LogP contribution is -2.34. The summed E-state index contributed by atoms with van der Waals surface area (Å²) in [6, 6.07) is 15.8. The molecular formula is C22H25NO5S. The average Bonchev–Trinajstić information content (AvgIpc) is 3.23. The minimum atomic E-state index is -3.74. The minimum Gasteiger partial charge on any atom is -0.497 e. The van der Waals surface area contributed by atoms with Gasteiger partial charge in [-0.1, -0.05) is 12.1 Å². The number of rotatable bonds is 9. The van der Waals surface area contributed by atoms with Crippen molar-refractivity contribution in [3.05, 3.63) is 77.7 Å². The number of methoxy groups -OCH3 is 1. The van der Waals surface area contributed by atoms with Crippen LogP contribution in [0.15, 0.2) is 70.2 Å². The smallest absolute Gasteiger partial charge is 0.243 e. The van der Waals surface area contributed by atoms with Crippen LogP contribution in [0.3, 0.4) is 0 Å². The zero-order chi connectivity index (χ0) is 20.9. The lowest BCUT2D eigenvalue weighted by molar-refractivity contribution is 0.260. The van der Waals surface area contributed by atoms with Crippen LogP contribution in [0.4, 0.5) is 0 Å². The van der Waals surface area contributed by atoms with Gasteiger partial charge in [0.25, 0.3) is 0 Å². The van der Waals surface area contributed by atoms with Crippen LogP contribution in [-0.4, -0.2) is 33.0 Å². The molecule has 0 N–H and O–H groups in total. The first-order valence-corrected chi connectivity index (χ1v) is 10.7. The number of hydrogen-bond donors (Lipinski definition) is 0. The Bertz CT molecular complexity index is 1030. The summed E-state index contributed by atoms with van der Waals surface area (Å²) in [6.07, 6.45) is 1.53. The Morgan fingerprint density at radius 2 is 1.79 bits per heavy atom. The maximum absolute atomic E-state index is 13.2. The third-order valence-electron chi connectivity index (χ3n) is 4.55. The molecule has 2 aromatic carbocycles. The van der Waals surface area contributed by atoms with E-state index in [2.05, 4.69) is 0 Å². The molecule has 7 heteroatoms. The van der Waals surface area contributed by atoms with Gasteiger partial charge >= 0.3 is 0 Å². The van der Waals surface area contributed by atoms with Gasteiger partial charge in [-0.05, 0) is 67.4 Å². The second-order valence-electron chi connectivity index (χ2n) is 6.71. The zero-order valence-corrected chi connectivity index (χ0v) is 17.6. The summed E-state index contributed by atoms with van der Waals surface area (Å²) in [4.78, 5) is 0.191. The number of benzene rings is 2. The molecule has 0 bridgehead atoms.